The fraction of sp³-hybridized carbons (Fsp3) is 0. The van der Waals surface area contributed by atoms with Crippen molar-refractivity contribution in [3.05, 3.63) is 127 Å². The maximum Gasteiger partial charge on any atom is 0.235 e. The molecule has 1 aliphatic heterocycles. The molecule has 2 aromatic heterocycles. The first kappa shape index (κ1) is 21.5. The van der Waals surface area contributed by atoms with Crippen molar-refractivity contribution in [3.8, 4) is 39.8 Å². The van der Waals surface area contributed by atoms with Crippen LogP contribution in [-0.4, -0.2) is 14.5 Å². The van der Waals surface area contributed by atoms with Gasteiger partial charge >= 0.3 is 0 Å². The molecule has 0 N–H and O–H groups in total. The van der Waals surface area contributed by atoms with Crippen LogP contribution in [0.3, 0.4) is 0 Å². The maximum atomic E-state index is 6.55. The molecule has 0 saturated heterocycles. The first-order valence-electron chi connectivity index (χ1n) is 13.4. The van der Waals surface area contributed by atoms with E-state index in [0.29, 0.717) is 5.95 Å². The number of fused-ring (bicyclic) bond motifs is 6. The zero-order chi connectivity index (χ0) is 26.2. The smallest absolute Gasteiger partial charge is 0.235 e. The van der Waals surface area contributed by atoms with E-state index in [1.807, 2.05) is 36.4 Å². The van der Waals surface area contributed by atoms with Gasteiger partial charge in [0.25, 0.3) is 0 Å². The average Bonchev–Trinajstić information content (AvgIpc) is 3.33. The van der Waals surface area contributed by atoms with Gasteiger partial charge in [-0.1, -0.05) is 97.1 Å². The molecule has 1 aliphatic rings. The van der Waals surface area contributed by atoms with Crippen molar-refractivity contribution in [3.63, 3.8) is 0 Å². The largest absolute Gasteiger partial charge is 0.456 e. The standard InChI is InChI=1S/C36H21N3O/c1-2-10-23(11-3-1)35-26-15-4-6-17-29(26)37-36(38-35)39-30-18-7-5-14-24(30)27-20-28-25-16-8-12-22-13-9-19-32(34(22)25)40-33(28)21-31(27)39/h1-21H. The number of nitrogens with zero attached hydrogens (tertiary/aromatic N) is 3. The minimum atomic E-state index is 0.641. The first-order valence-corrected chi connectivity index (χ1v) is 13.4. The molecule has 9 rings (SSSR count). The molecule has 0 saturated carbocycles. The van der Waals surface area contributed by atoms with Crippen LogP contribution in [0.2, 0.25) is 0 Å². The molecule has 4 nitrogen and oxygen atoms in total. The number of ether oxygens (including phenoxy) is 1. The van der Waals surface area contributed by atoms with Crippen molar-refractivity contribution in [2.24, 2.45) is 0 Å². The summed E-state index contributed by atoms with van der Waals surface area (Å²) in [5.41, 5.74) is 7.26. The summed E-state index contributed by atoms with van der Waals surface area (Å²) in [7, 11) is 0. The van der Waals surface area contributed by atoms with E-state index in [1.54, 1.807) is 0 Å². The highest BCUT2D eigenvalue weighted by atomic mass is 16.5. The second-order valence-electron chi connectivity index (χ2n) is 10.2. The van der Waals surface area contributed by atoms with Gasteiger partial charge in [0.05, 0.1) is 22.2 Å². The van der Waals surface area contributed by atoms with Crippen LogP contribution in [0.1, 0.15) is 0 Å². The molecule has 4 heteroatoms. The third-order valence-corrected chi connectivity index (χ3v) is 7.99. The minimum Gasteiger partial charge on any atom is -0.456 e. The van der Waals surface area contributed by atoms with Crippen molar-refractivity contribution in [2.75, 3.05) is 0 Å². The summed E-state index contributed by atoms with van der Waals surface area (Å²) >= 11 is 0. The number of para-hydroxylation sites is 2. The molecule has 0 aliphatic carbocycles. The van der Waals surface area contributed by atoms with Gasteiger partial charge in [-0.15, -0.1) is 0 Å². The Bertz CT molecular complexity index is 2300. The average molecular weight is 512 g/mol. The van der Waals surface area contributed by atoms with E-state index in [1.165, 1.54) is 10.9 Å². The Morgan fingerprint density at radius 3 is 2.20 bits per heavy atom. The van der Waals surface area contributed by atoms with Crippen LogP contribution in [0.4, 0.5) is 0 Å². The molecular weight excluding hydrogens is 490 g/mol. The van der Waals surface area contributed by atoms with Gasteiger partial charge in [0.1, 0.15) is 11.5 Å². The Hall–Kier alpha value is -5.48. The monoisotopic (exact) mass is 511 g/mol. The first-order chi connectivity index (χ1) is 19.8. The van der Waals surface area contributed by atoms with E-state index in [0.717, 1.165) is 66.4 Å². The summed E-state index contributed by atoms with van der Waals surface area (Å²) in [4.78, 5) is 10.3. The molecule has 0 bridgehead atoms. The summed E-state index contributed by atoms with van der Waals surface area (Å²) in [5, 5.41) is 5.67. The van der Waals surface area contributed by atoms with Crippen molar-refractivity contribution in [1.29, 1.82) is 0 Å². The molecule has 40 heavy (non-hydrogen) atoms. The Labute approximate surface area is 229 Å². The van der Waals surface area contributed by atoms with Crippen LogP contribution < -0.4 is 4.74 Å². The highest BCUT2D eigenvalue weighted by Gasteiger charge is 2.24. The molecule has 0 fully saturated rings. The van der Waals surface area contributed by atoms with Gasteiger partial charge in [0, 0.05) is 38.7 Å². The molecular formula is C36H21N3O. The van der Waals surface area contributed by atoms with E-state index in [2.05, 4.69) is 95.6 Å². The molecule has 0 radical (unpaired) electrons. The minimum absolute atomic E-state index is 0.641. The molecule has 3 heterocycles. The molecule has 6 aromatic carbocycles. The van der Waals surface area contributed by atoms with Crippen LogP contribution in [0.15, 0.2) is 127 Å². The normalized spacial score (nSPS) is 12.2. The van der Waals surface area contributed by atoms with Gasteiger partial charge in [-0.05, 0) is 35.2 Å². The van der Waals surface area contributed by atoms with Gasteiger partial charge in [0.2, 0.25) is 5.95 Å². The summed E-state index contributed by atoms with van der Waals surface area (Å²) in [6.45, 7) is 0. The number of aromatic nitrogens is 3. The van der Waals surface area contributed by atoms with E-state index < -0.39 is 0 Å². The van der Waals surface area contributed by atoms with Gasteiger partial charge in [-0.3, -0.25) is 4.57 Å². The van der Waals surface area contributed by atoms with E-state index in [9.17, 15) is 0 Å². The SMILES string of the molecule is c1ccc(-c2nc(-n3c4ccccc4c4cc5c(cc43)Oc3cccc4cccc-5c34)nc3ccccc23)cc1. The zero-order valence-electron chi connectivity index (χ0n) is 21.4. The Morgan fingerprint density at radius 1 is 0.525 bits per heavy atom. The van der Waals surface area contributed by atoms with E-state index in [4.69, 9.17) is 14.7 Å². The second kappa shape index (κ2) is 8.01. The summed E-state index contributed by atoms with van der Waals surface area (Å²) in [6.07, 6.45) is 0. The van der Waals surface area contributed by atoms with Crippen LogP contribution in [-0.2, 0) is 0 Å². The third-order valence-electron chi connectivity index (χ3n) is 7.99. The van der Waals surface area contributed by atoms with Crippen LogP contribution in [0.25, 0.3) is 71.8 Å². The molecule has 0 atom stereocenters. The highest BCUT2D eigenvalue weighted by Crippen LogP contribution is 2.49. The van der Waals surface area contributed by atoms with Crippen molar-refractivity contribution in [1.82, 2.24) is 14.5 Å². The van der Waals surface area contributed by atoms with E-state index >= 15 is 0 Å². The highest BCUT2D eigenvalue weighted by molar-refractivity contribution is 6.13. The lowest BCUT2D eigenvalue weighted by molar-refractivity contribution is 0.487. The Kier molecular flexibility index (Phi) is 4.30. The summed E-state index contributed by atoms with van der Waals surface area (Å²) in [5.74, 6) is 2.37. The quantitative estimate of drug-likeness (QED) is 0.232. The second-order valence-corrected chi connectivity index (χ2v) is 10.2. The summed E-state index contributed by atoms with van der Waals surface area (Å²) in [6, 6.07) is 44.2. The van der Waals surface area contributed by atoms with Gasteiger partial charge < -0.3 is 4.74 Å². The van der Waals surface area contributed by atoms with Crippen LogP contribution >= 0.6 is 0 Å². The van der Waals surface area contributed by atoms with Gasteiger partial charge in [-0.25, -0.2) is 9.97 Å². The molecule has 0 amide bonds. The van der Waals surface area contributed by atoms with Crippen molar-refractivity contribution in [2.45, 2.75) is 0 Å². The van der Waals surface area contributed by atoms with Crippen LogP contribution in [0, 0.1) is 0 Å². The third kappa shape index (κ3) is 2.96. The Balaban J connectivity index is 1.38. The maximum absolute atomic E-state index is 6.55. The fourth-order valence-electron chi connectivity index (χ4n) is 6.22. The lowest BCUT2D eigenvalue weighted by Crippen LogP contribution is -2.04. The predicted molar refractivity (Wildman–Crippen MR) is 162 cm³/mol. The predicted octanol–water partition coefficient (Wildman–Crippen LogP) is 9.32. The van der Waals surface area contributed by atoms with E-state index in [-0.39, 0.29) is 0 Å². The van der Waals surface area contributed by atoms with Gasteiger partial charge in [0.15, 0.2) is 0 Å². The number of benzene rings is 6. The summed E-state index contributed by atoms with van der Waals surface area (Å²) < 4.78 is 8.73. The number of hydrogen-bond donors (Lipinski definition) is 0. The molecule has 0 spiro atoms. The fourth-order valence-corrected chi connectivity index (χ4v) is 6.22. The lowest BCUT2D eigenvalue weighted by Gasteiger charge is -2.21. The van der Waals surface area contributed by atoms with Gasteiger partial charge in [-0.2, -0.15) is 0 Å². The zero-order valence-corrected chi connectivity index (χ0v) is 21.4. The van der Waals surface area contributed by atoms with Crippen molar-refractivity contribution >= 4 is 43.5 Å². The molecule has 0 unspecified atom stereocenters. The van der Waals surface area contributed by atoms with Crippen molar-refractivity contribution < 1.29 is 4.74 Å². The van der Waals surface area contributed by atoms with Crippen LogP contribution in [0.5, 0.6) is 11.5 Å². The molecule has 186 valence electrons. The number of rotatable bonds is 2. The Morgan fingerprint density at radius 2 is 1.30 bits per heavy atom. The lowest BCUT2D eigenvalue weighted by atomic mass is 9.93. The topological polar surface area (TPSA) is 39.9 Å². The molecule has 8 aromatic rings. The number of hydrogen-bond acceptors (Lipinski definition) is 3.